The molecule has 1 unspecified atom stereocenters. The van der Waals surface area contributed by atoms with Crippen molar-refractivity contribution in [2.24, 2.45) is 0 Å². The molecule has 2 nitrogen and oxygen atoms in total. The molecule has 0 fully saturated rings. The highest BCUT2D eigenvalue weighted by Crippen LogP contribution is 2.37. The molecule has 0 radical (unpaired) electrons. The lowest BCUT2D eigenvalue weighted by Crippen LogP contribution is -2.06. The topological polar surface area (TPSA) is 32.3 Å². The summed E-state index contributed by atoms with van der Waals surface area (Å²) < 4.78 is 35.7. The zero-order chi connectivity index (χ0) is 13.4. The molecule has 2 N–H and O–H groups in total. The Morgan fingerprint density at radius 3 is 2.72 bits per heavy atom. The Morgan fingerprint density at radius 2 is 2.06 bits per heavy atom. The molecule has 0 amide bonds. The third kappa shape index (κ3) is 6.63. The fraction of sp³-hybridized carbons (Fsp3) is 0.636. The minimum absolute atomic E-state index is 0.0350. The summed E-state index contributed by atoms with van der Waals surface area (Å²) in [6.07, 6.45) is -3.06. The fourth-order valence-electron chi connectivity index (χ4n) is 1.45. The predicted molar refractivity (Wildman–Crippen MR) is 69.9 cm³/mol. The zero-order valence-electron chi connectivity index (χ0n) is 9.87. The number of hydrogen-bond acceptors (Lipinski definition) is 3. The van der Waals surface area contributed by atoms with Crippen molar-refractivity contribution in [2.45, 2.75) is 38.4 Å². The maximum atomic E-state index is 11.9. The number of hydroxylamine groups is 1. The van der Waals surface area contributed by atoms with E-state index in [1.54, 1.807) is 10.8 Å². The van der Waals surface area contributed by atoms with Crippen molar-refractivity contribution >= 4 is 20.3 Å². The van der Waals surface area contributed by atoms with Gasteiger partial charge in [-0.15, -0.1) is 0 Å². The molecule has 18 heavy (non-hydrogen) atoms. The lowest BCUT2D eigenvalue weighted by Gasteiger charge is -2.04. The number of rotatable bonds is 8. The number of thiophene rings is 1. The molecule has 1 atom stereocenters. The molecule has 1 rings (SSSR count). The van der Waals surface area contributed by atoms with Crippen molar-refractivity contribution in [3.05, 3.63) is 22.4 Å². The predicted octanol–water partition coefficient (Wildman–Crippen LogP) is 4.53. The van der Waals surface area contributed by atoms with Crippen molar-refractivity contribution in [1.29, 1.82) is 0 Å². The summed E-state index contributed by atoms with van der Waals surface area (Å²) in [6.45, 7) is 0.442. The molecular formula is C11H17F3NOS2+. The third-order valence-electron chi connectivity index (χ3n) is 2.31. The Balaban J connectivity index is 2.12. The molecule has 1 aromatic rings. The van der Waals surface area contributed by atoms with Crippen LogP contribution in [0, 0.1) is 0 Å². The van der Waals surface area contributed by atoms with Crippen LogP contribution >= 0.6 is 20.3 Å². The Labute approximate surface area is 111 Å². The number of alkyl halides is 3. The molecule has 1 aromatic heterocycles. The summed E-state index contributed by atoms with van der Waals surface area (Å²) in [7, 11) is 1.70. The normalized spacial score (nSPS) is 13.0. The Kier molecular flexibility index (Phi) is 7.06. The molecule has 0 aliphatic rings. The third-order valence-corrected chi connectivity index (χ3v) is 6.46. The van der Waals surface area contributed by atoms with Crippen LogP contribution < -0.4 is 5.48 Å². The van der Waals surface area contributed by atoms with Crippen molar-refractivity contribution in [2.75, 3.05) is 5.75 Å². The van der Waals surface area contributed by atoms with Gasteiger partial charge in [-0.2, -0.15) is 18.7 Å². The van der Waals surface area contributed by atoms with Crippen LogP contribution in [0.3, 0.4) is 0 Å². The minimum atomic E-state index is -4.02. The Morgan fingerprint density at radius 1 is 1.28 bits per heavy atom. The molecule has 0 saturated carbocycles. The minimum Gasteiger partial charge on any atom is -0.316 e. The van der Waals surface area contributed by atoms with E-state index in [0.717, 1.165) is 17.1 Å². The Bertz CT molecular complexity index is 341. The van der Waals surface area contributed by atoms with Crippen molar-refractivity contribution < 1.29 is 18.4 Å². The average Bonchev–Trinajstić information content (AvgIpc) is 2.70. The molecule has 7 heteroatoms. The molecule has 0 aromatic carbocycles. The van der Waals surface area contributed by atoms with Gasteiger partial charge < -0.3 is 5.21 Å². The second-order valence-corrected chi connectivity index (χ2v) is 7.66. The number of halogens is 3. The zero-order valence-corrected chi connectivity index (χ0v) is 11.5. The first-order valence-electron chi connectivity index (χ1n) is 5.70. The maximum Gasteiger partial charge on any atom is 0.389 e. The quantitative estimate of drug-likeness (QED) is 0.320. The maximum absolute atomic E-state index is 11.9. The van der Waals surface area contributed by atoms with Crippen LogP contribution in [0.4, 0.5) is 13.2 Å². The summed E-state index contributed by atoms with van der Waals surface area (Å²) in [5.41, 5.74) is 2.13. The summed E-state index contributed by atoms with van der Waals surface area (Å²) in [6, 6.07) is 3.91. The van der Waals surface area contributed by atoms with E-state index in [2.05, 4.69) is 10.9 Å². The van der Waals surface area contributed by atoms with Crippen molar-refractivity contribution in [1.82, 2.24) is 5.48 Å². The van der Waals surface area contributed by atoms with Crippen LogP contribution in [0.25, 0.3) is 0 Å². The number of nitrogens with one attached hydrogen (secondary N) is 1. The lowest BCUT2D eigenvalue weighted by atomic mass is 10.2. The highest BCUT2D eigenvalue weighted by atomic mass is 33.1. The van der Waals surface area contributed by atoms with E-state index in [-0.39, 0.29) is 15.9 Å². The summed E-state index contributed by atoms with van der Waals surface area (Å²) in [5.74, 6) is 0.855. The monoisotopic (exact) mass is 300 g/mol. The van der Waals surface area contributed by atoms with Crippen LogP contribution in [0.2, 0.25) is 0 Å². The Hall–Kier alpha value is -0.240. The number of unbranched alkanes of at least 4 members (excludes halogenated alkanes) is 2. The van der Waals surface area contributed by atoms with Gasteiger partial charge in [0.15, 0.2) is 10.3 Å². The van der Waals surface area contributed by atoms with Gasteiger partial charge in [0.1, 0.15) is 10.8 Å². The first-order chi connectivity index (χ1) is 8.53. The lowest BCUT2D eigenvalue weighted by molar-refractivity contribution is -0.135. The molecule has 0 aliphatic carbocycles. The van der Waals surface area contributed by atoms with E-state index in [1.807, 2.05) is 12.1 Å². The number of hydrogen-bond donors (Lipinski definition) is 2. The first-order valence-corrected chi connectivity index (χ1v) is 8.49. The summed E-state index contributed by atoms with van der Waals surface area (Å²) >= 11 is 0. The molecule has 0 bridgehead atoms. The van der Waals surface area contributed by atoms with Gasteiger partial charge in [-0.3, -0.25) is 0 Å². The van der Waals surface area contributed by atoms with Gasteiger partial charge in [0.25, 0.3) is 0 Å². The van der Waals surface area contributed by atoms with Gasteiger partial charge in [-0.05, 0) is 18.9 Å². The van der Waals surface area contributed by atoms with Crippen LogP contribution in [0.15, 0.2) is 17.5 Å². The van der Waals surface area contributed by atoms with E-state index in [9.17, 15) is 13.2 Å². The first kappa shape index (κ1) is 15.8. The second kappa shape index (κ2) is 8.04. The van der Waals surface area contributed by atoms with Crippen LogP contribution in [0.5, 0.6) is 0 Å². The van der Waals surface area contributed by atoms with Gasteiger partial charge in [0.2, 0.25) is 0 Å². The van der Waals surface area contributed by atoms with Crippen LogP contribution in [-0.4, -0.2) is 17.1 Å². The van der Waals surface area contributed by atoms with Gasteiger partial charge in [-0.1, -0.05) is 6.42 Å². The highest BCUT2D eigenvalue weighted by Gasteiger charge is 2.25. The van der Waals surface area contributed by atoms with E-state index in [0.29, 0.717) is 13.0 Å². The van der Waals surface area contributed by atoms with Gasteiger partial charge in [0, 0.05) is 18.2 Å². The molecule has 1 heterocycles. The molecule has 0 saturated heterocycles. The highest BCUT2D eigenvalue weighted by molar-refractivity contribution is 8.45. The van der Waals surface area contributed by atoms with Crippen molar-refractivity contribution in [3.63, 3.8) is 0 Å². The molecular weight excluding hydrogens is 283 g/mol. The van der Waals surface area contributed by atoms with Gasteiger partial charge in [0.05, 0.1) is 16.0 Å². The summed E-state index contributed by atoms with van der Waals surface area (Å²) in [5, 5.41) is 10.7. The smallest absolute Gasteiger partial charge is 0.316 e. The standard InChI is InChI=1S/C11H17F3NOS2/c12-11(13,14)6-2-1-3-7-17-18-8-4-5-10(18)9-15-16/h4-5,8,15-16H,1-3,6-7,9H2/q+1. The molecule has 0 spiro atoms. The largest absolute Gasteiger partial charge is 0.389 e. The van der Waals surface area contributed by atoms with E-state index >= 15 is 0 Å². The van der Waals surface area contributed by atoms with E-state index in [4.69, 9.17) is 5.21 Å². The van der Waals surface area contributed by atoms with Gasteiger partial charge >= 0.3 is 6.18 Å². The fourth-order valence-corrected chi connectivity index (χ4v) is 5.11. The van der Waals surface area contributed by atoms with E-state index < -0.39 is 12.6 Å². The second-order valence-electron chi connectivity index (χ2n) is 3.84. The van der Waals surface area contributed by atoms with Crippen LogP contribution in [-0.2, 0) is 6.54 Å². The average molecular weight is 300 g/mol. The SMILES string of the molecule is ONCc1ccc[s+]1SCCCCCC(F)(F)F. The molecule has 104 valence electrons. The summed E-state index contributed by atoms with van der Waals surface area (Å²) in [4.78, 5) is 1.12. The van der Waals surface area contributed by atoms with Crippen molar-refractivity contribution in [3.8, 4) is 0 Å². The van der Waals surface area contributed by atoms with Crippen LogP contribution in [0.1, 0.15) is 30.6 Å². The molecule has 0 aliphatic heterocycles. The van der Waals surface area contributed by atoms with Gasteiger partial charge in [-0.25, -0.2) is 0 Å². The van der Waals surface area contributed by atoms with E-state index in [1.165, 1.54) is 0 Å².